The molecule has 0 aliphatic carbocycles. The number of carbonyl (C=O) groups is 1. The van der Waals surface area contributed by atoms with Gasteiger partial charge in [0.25, 0.3) is 0 Å². The highest BCUT2D eigenvalue weighted by molar-refractivity contribution is 6.30. The van der Waals surface area contributed by atoms with Gasteiger partial charge in [-0.05, 0) is 42.9 Å². The van der Waals surface area contributed by atoms with Crippen molar-refractivity contribution in [1.82, 2.24) is 9.80 Å². The van der Waals surface area contributed by atoms with E-state index in [4.69, 9.17) is 11.6 Å². The van der Waals surface area contributed by atoms with Crippen molar-refractivity contribution in [1.29, 1.82) is 0 Å². The van der Waals surface area contributed by atoms with Crippen LogP contribution in [0.3, 0.4) is 0 Å². The van der Waals surface area contributed by atoms with Crippen LogP contribution in [0, 0.1) is 0 Å². The summed E-state index contributed by atoms with van der Waals surface area (Å²) in [5.41, 5.74) is 2.60. The zero-order chi connectivity index (χ0) is 16.2. The molecule has 0 N–H and O–H groups in total. The third kappa shape index (κ3) is 4.20. The Bertz CT molecular complexity index is 676. The quantitative estimate of drug-likeness (QED) is 0.804. The van der Waals surface area contributed by atoms with Gasteiger partial charge in [0, 0.05) is 48.9 Å². The van der Waals surface area contributed by atoms with Crippen LogP contribution in [-0.2, 0) is 6.54 Å². The second kappa shape index (κ2) is 7.26. The molecule has 0 unspecified atom stereocenters. The summed E-state index contributed by atoms with van der Waals surface area (Å²) in [5, 5.41) is 0.644. The van der Waals surface area contributed by atoms with Crippen LogP contribution in [0.2, 0.25) is 5.02 Å². The van der Waals surface area contributed by atoms with E-state index in [2.05, 4.69) is 22.9 Å². The molecule has 2 aromatic carbocycles. The molecule has 1 aliphatic heterocycles. The van der Waals surface area contributed by atoms with Gasteiger partial charge in [-0.2, -0.15) is 0 Å². The molecule has 0 spiro atoms. The molecule has 120 valence electrons. The summed E-state index contributed by atoms with van der Waals surface area (Å²) in [4.78, 5) is 17.4. The number of carbonyl (C=O) groups excluding carboxylic acids is 1. The maximum Gasteiger partial charge on any atom is 0.193 e. The van der Waals surface area contributed by atoms with E-state index in [1.165, 1.54) is 5.56 Å². The van der Waals surface area contributed by atoms with Crippen molar-refractivity contribution in [3.63, 3.8) is 0 Å². The van der Waals surface area contributed by atoms with Gasteiger partial charge in [-0.1, -0.05) is 29.8 Å². The van der Waals surface area contributed by atoms with E-state index in [0.29, 0.717) is 10.6 Å². The number of hydrogen-bond acceptors (Lipinski definition) is 3. The molecule has 0 saturated carbocycles. The first-order chi connectivity index (χ1) is 11.1. The Kier molecular flexibility index (Phi) is 5.11. The summed E-state index contributed by atoms with van der Waals surface area (Å²) < 4.78 is 0. The molecule has 0 atom stereocenters. The maximum atomic E-state index is 12.6. The largest absolute Gasteiger partial charge is 0.304 e. The molecule has 0 aromatic heterocycles. The molecule has 0 radical (unpaired) electrons. The lowest BCUT2D eigenvalue weighted by Gasteiger charge is -2.32. The molecule has 0 bridgehead atoms. The zero-order valence-corrected chi connectivity index (χ0v) is 14.1. The molecular formula is C19H21ClN2O. The van der Waals surface area contributed by atoms with E-state index in [1.807, 2.05) is 18.2 Å². The summed E-state index contributed by atoms with van der Waals surface area (Å²) >= 11 is 5.89. The van der Waals surface area contributed by atoms with Crippen molar-refractivity contribution >= 4 is 17.4 Å². The number of rotatable bonds is 4. The van der Waals surface area contributed by atoms with E-state index in [1.54, 1.807) is 24.3 Å². The SMILES string of the molecule is CN1CCN(Cc2cccc(C(=O)c3ccc(Cl)cc3)c2)CC1. The minimum Gasteiger partial charge on any atom is -0.304 e. The highest BCUT2D eigenvalue weighted by Gasteiger charge is 2.15. The van der Waals surface area contributed by atoms with Crippen LogP contribution in [0.15, 0.2) is 48.5 Å². The summed E-state index contributed by atoms with van der Waals surface area (Å²) in [6.45, 7) is 5.25. The predicted octanol–water partition coefficient (Wildman–Crippen LogP) is 3.32. The molecule has 1 heterocycles. The monoisotopic (exact) mass is 328 g/mol. The van der Waals surface area contributed by atoms with Crippen molar-refractivity contribution in [2.45, 2.75) is 6.54 Å². The number of benzene rings is 2. The van der Waals surface area contributed by atoms with E-state index >= 15 is 0 Å². The minimum atomic E-state index is 0.0434. The standard InChI is InChI=1S/C19H21ClN2O/c1-21-9-11-22(12-10-21)14-15-3-2-4-17(13-15)19(23)16-5-7-18(20)8-6-16/h2-8,13H,9-12,14H2,1H3. The summed E-state index contributed by atoms with van der Waals surface area (Å²) in [7, 11) is 2.16. The van der Waals surface area contributed by atoms with Gasteiger partial charge in [0.1, 0.15) is 0 Å². The van der Waals surface area contributed by atoms with Gasteiger partial charge in [0.2, 0.25) is 0 Å². The number of piperazine rings is 1. The molecule has 3 nitrogen and oxygen atoms in total. The van der Waals surface area contributed by atoms with Gasteiger partial charge < -0.3 is 4.90 Å². The Morgan fingerprint density at radius 1 is 1.00 bits per heavy atom. The van der Waals surface area contributed by atoms with Gasteiger partial charge in [0.15, 0.2) is 5.78 Å². The van der Waals surface area contributed by atoms with Gasteiger partial charge in [-0.3, -0.25) is 9.69 Å². The molecular weight excluding hydrogens is 308 g/mol. The fourth-order valence-corrected chi connectivity index (χ4v) is 2.97. The normalized spacial score (nSPS) is 16.4. The molecule has 2 aromatic rings. The van der Waals surface area contributed by atoms with E-state index in [9.17, 15) is 4.79 Å². The topological polar surface area (TPSA) is 23.6 Å². The van der Waals surface area contributed by atoms with Crippen LogP contribution in [0.4, 0.5) is 0 Å². The third-order valence-corrected chi connectivity index (χ3v) is 4.55. The number of halogens is 1. The molecule has 4 heteroatoms. The Balaban J connectivity index is 1.72. The van der Waals surface area contributed by atoms with E-state index in [0.717, 1.165) is 38.3 Å². The van der Waals surface area contributed by atoms with Crippen molar-refractivity contribution in [3.8, 4) is 0 Å². The number of likely N-dealkylation sites (N-methyl/N-ethyl adjacent to an activating group) is 1. The first-order valence-electron chi connectivity index (χ1n) is 7.92. The second-order valence-corrected chi connectivity index (χ2v) is 6.55. The average Bonchev–Trinajstić information content (AvgIpc) is 2.57. The zero-order valence-electron chi connectivity index (χ0n) is 13.3. The lowest BCUT2D eigenvalue weighted by molar-refractivity contribution is 0.103. The molecule has 1 aliphatic rings. The number of ketones is 1. The Morgan fingerprint density at radius 2 is 1.70 bits per heavy atom. The summed E-state index contributed by atoms with van der Waals surface area (Å²) in [6.07, 6.45) is 0. The lowest BCUT2D eigenvalue weighted by atomic mass is 10.0. The molecule has 1 saturated heterocycles. The maximum absolute atomic E-state index is 12.6. The van der Waals surface area contributed by atoms with Crippen molar-refractivity contribution < 1.29 is 4.79 Å². The molecule has 3 rings (SSSR count). The van der Waals surface area contributed by atoms with Crippen LogP contribution in [0.1, 0.15) is 21.5 Å². The van der Waals surface area contributed by atoms with E-state index < -0.39 is 0 Å². The summed E-state index contributed by atoms with van der Waals surface area (Å²) in [6, 6.07) is 15.0. The summed E-state index contributed by atoms with van der Waals surface area (Å²) in [5.74, 6) is 0.0434. The first-order valence-corrected chi connectivity index (χ1v) is 8.30. The van der Waals surface area contributed by atoms with Crippen LogP contribution >= 0.6 is 11.6 Å². The molecule has 23 heavy (non-hydrogen) atoms. The van der Waals surface area contributed by atoms with Crippen molar-refractivity contribution in [3.05, 3.63) is 70.2 Å². The average molecular weight is 329 g/mol. The fraction of sp³-hybridized carbons (Fsp3) is 0.316. The minimum absolute atomic E-state index is 0.0434. The molecule has 0 amide bonds. The van der Waals surface area contributed by atoms with Crippen LogP contribution in [0.5, 0.6) is 0 Å². The van der Waals surface area contributed by atoms with Gasteiger partial charge in [-0.15, -0.1) is 0 Å². The van der Waals surface area contributed by atoms with Crippen LogP contribution in [-0.4, -0.2) is 48.8 Å². The Morgan fingerprint density at radius 3 is 2.39 bits per heavy atom. The van der Waals surface area contributed by atoms with Crippen LogP contribution < -0.4 is 0 Å². The van der Waals surface area contributed by atoms with Gasteiger partial charge >= 0.3 is 0 Å². The molecule has 1 fully saturated rings. The Hall–Kier alpha value is -1.68. The highest BCUT2D eigenvalue weighted by Crippen LogP contribution is 2.16. The fourth-order valence-electron chi connectivity index (χ4n) is 2.84. The van der Waals surface area contributed by atoms with Crippen molar-refractivity contribution in [2.75, 3.05) is 33.2 Å². The van der Waals surface area contributed by atoms with Crippen molar-refractivity contribution in [2.24, 2.45) is 0 Å². The smallest absolute Gasteiger partial charge is 0.193 e. The Labute approximate surface area is 142 Å². The number of nitrogens with zero attached hydrogens (tertiary/aromatic N) is 2. The first kappa shape index (κ1) is 16.2. The second-order valence-electron chi connectivity index (χ2n) is 6.12. The van der Waals surface area contributed by atoms with Gasteiger partial charge in [-0.25, -0.2) is 0 Å². The number of hydrogen-bond donors (Lipinski definition) is 0. The predicted molar refractivity (Wildman–Crippen MR) is 94.1 cm³/mol. The lowest BCUT2D eigenvalue weighted by Crippen LogP contribution is -2.43. The van der Waals surface area contributed by atoms with Gasteiger partial charge in [0.05, 0.1) is 0 Å². The third-order valence-electron chi connectivity index (χ3n) is 4.30. The highest BCUT2D eigenvalue weighted by atomic mass is 35.5. The van der Waals surface area contributed by atoms with E-state index in [-0.39, 0.29) is 5.78 Å². The van der Waals surface area contributed by atoms with Crippen LogP contribution in [0.25, 0.3) is 0 Å².